The lowest BCUT2D eigenvalue weighted by Crippen LogP contribution is -2.34. The van der Waals surface area contributed by atoms with Crippen LogP contribution in [0.5, 0.6) is 0 Å². The molecule has 1 aliphatic rings. The number of nitrogens with zero attached hydrogens (tertiary/aromatic N) is 1. The molecule has 20 heavy (non-hydrogen) atoms. The van der Waals surface area contributed by atoms with Gasteiger partial charge in [-0.05, 0) is 49.0 Å². The molecule has 0 amide bonds. The van der Waals surface area contributed by atoms with Crippen LogP contribution < -0.4 is 0 Å². The number of hydrogen-bond acceptors (Lipinski definition) is 2. The second-order valence-electron chi connectivity index (χ2n) is 5.47. The molecule has 2 aromatic rings. The second-order valence-corrected chi connectivity index (χ2v) is 6.42. The lowest BCUT2D eigenvalue weighted by Gasteiger charge is -2.30. The molecule has 1 unspecified atom stereocenters. The minimum absolute atomic E-state index is 0.597. The van der Waals surface area contributed by atoms with Gasteiger partial charge in [0.1, 0.15) is 0 Å². The molecule has 1 aliphatic heterocycles. The summed E-state index contributed by atoms with van der Waals surface area (Å²) in [6.45, 7) is 1.22. The highest BCUT2D eigenvalue weighted by atomic mass is 32.1. The summed E-state index contributed by atoms with van der Waals surface area (Å²) in [5.74, 6) is 0. The van der Waals surface area contributed by atoms with E-state index in [-0.39, 0.29) is 0 Å². The predicted molar refractivity (Wildman–Crippen MR) is 89.1 cm³/mol. The number of likely N-dealkylation sites (N-methyl/N-ethyl adjacent to an activating group) is 1. The SMILES string of the molecule is CN1CCCCC1C=Cc1ccccc1-c1cccs1. The van der Waals surface area contributed by atoms with E-state index in [4.69, 9.17) is 0 Å². The molecule has 1 aromatic carbocycles. The number of likely N-dealkylation sites (tertiary alicyclic amines) is 1. The molecule has 2 heterocycles. The van der Waals surface area contributed by atoms with Crippen molar-refractivity contribution in [3.05, 3.63) is 53.4 Å². The van der Waals surface area contributed by atoms with E-state index in [0.29, 0.717) is 6.04 Å². The molecule has 2 heteroatoms. The van der Waals surface area contributed by atoms with E-state index >= 15 is 0 Å². The fourth-order valence-electron chi connectivity index (χ4n) is 2.86. The Morgan fingerprint density at radius 2 is 2.05 bits per heavy atom. The summed E-state index contributed by atoms with van der Waals surface area (Å²) in [5.41, 5.74) is 2.67. The monoisotopic (exact) mass is 283 g/mol. The van der Waals surface area contributed by atoms with Crippen LogP contribution in [-0.2, 0) is 0 Å². The summed E-state index contributed by atoms with van der Waals surface area (Å²) >= 11 is 1.81. The average molecular weight is 283 g/mol. The summed E-state index contributed by atoms with van der Waals surface area (Å²) in [7, 11) is 2.24. The Balaban J connectivity index is 1.84. The molecular weight excluding hydrogens is 262 g/mol. The zero-order valence-electron chi connectivity index (χ0n) is 12.0. The van der Waals surface area contributed by atoms with Crippen molar-refractivity contribution in [3.63, 3.8) is 0 Å². The topological polar surface area (TPSA) is 3.24 Å². The zero-order valence-corrected chi connectivity index (χ0v) is 12.8. The van der Waals surface area contributed by atoms with Crippen molar-refractivity contribution in [1.82, 2.24) is 4.90 Å². The second kappa shape index (κ2) is 6.38. The summed E-state index contributed by atoms with van der Waals surface area (Å²) in [6.07, 6.45) is 8.67. The summed E-state index contributed by atoms with van der Waals surface area (Å²) < 4.78 is 0. The van der Waals surface area contributed by atoms with Crippen LogP contribution in [0, 0.1) is 0 Å². The van der Waals surface area contributed by atoms with Crippen molar-refractivity contribution in [1.29, 1.82) is 0 Å². The van der Waals surface area contributed by atoms with Gasteiger partial charge in [0, 0.05) is 10.9 Å². The van der Waals surface area contributed by atoms with Crippen LogP contribution in [0.2, 0.25) is 0 Å². The smallest absolute Gasteiger partial charge is 0.0348 e. The van der Waals surface area contributed by atoms with Crippen LogP contribution in [0.3, 0.4) is 0 Å². The number of hydrogen-bond donors (Lipinski definition) is 0. The van der Waals surface area contributed by atoms with Crippen LogP contribution in [0.4, 0.5) is 0 Å². The van der Waals surface area contributed by atoms with Gasteiger partial charge in [0.15, 0.2) is 0 Å². The van der Waals surface area contributed by atoms with Gasteiger partial charge in [-0.1, -0.05) is 48.9 Å². The molecule has 0 saturated carbocycles. The van der Waals surface area contributed by atoms with Gasteiger partial charge in [-0.15, -0.1) is 11.3 Å². The Labute approximate surface area is 125 Å². The maximum absolute atomic E-state index is 2.47. The predicted octanol–water partition coefficient (Wildman–Crippen LogP) is 4.91. The molecule has 1 saturated heterocycles. The average Bonchev–Trinajstić information content (AvgIpc) is 3.01. The zero-order chi connectivity index (χ0) is 13.8. The van der Waals surface area contributed by atoms with Crippen LogP contribution in [0.15, 0.2) is 47.9 Å². The first-order valence-electron chi connectivity index (χ1n) is 7.36. The summed E-state index contributed by atoms with van der Waals surface area (Å²) in [5, 5.41) is 2.14. The number of piperidine rings is 1. The van der Waals surface area contributed by atoms with Gasteiger partial charge in [0.2, 0.25) is 0 Å². The van der Waals surface area contributed by atoms with Gasteiger partial charge in [-0.25, -0.2) is 0 Å². The largest absolute Gasteiger partial charge is 0.300 e. The van der Waals surface area contributed by atoms with Crippen LogP contribution in [-0.4, -0.2) is 24.5 Å². The van der Waals surface area contributed by atoms with Gasteiger partial charge in [0.05, 0.1) is 0 Å². The molecule has 1 nitrogen and oxygen atoms in total. The number of benzene rings is 1. The molecule has 1 fully saturated rings. The first-order chi connectivity index (χ1) is 9.84. The quantitative estimate of drug-likeness (QED) is 0.773. The highest BCUT2D eigenvalue weighted by Crippen LogP contribution is 2.29. The molecule has 104 valence electrons. The molecule has 0 bridgehead atoms. The van der Waals surface area contributed by atoms with E-state index in [0.717, 1.165) is 0 Å². The fraction of sp³-hybridized carbons (Fsp3) is 0.333. The maximum atomic E-state index is 2.47. The van der Waals surface area contributed by atoms with Crippen LogP contribution >= 0.6 is 11.3 Å². The minimum Gasteiger partial charge on any atom is -0.300 e. The lowest BCUT2D eigenvalue weighted by molar-refractivity contribution is 0.222. The molecular formula is C18H21NS. The number of thiophene rings is 1. The van der Waals surface area contributed by atoms with Crippen molar-refractivity contribution >= 4 is 17.4 Å². The van der Waals surface area contributed by atoms with E-state index in [1.165, 1.54) is 41.8 Å². The molecule has 0 aliphatic carbocycles. The molecule has 1 aromatic heterocycles. The van der Waals surface area contributed by atoms with Crippen molar-refractivity contribution in [2.75, 3.05) is 13.6 Å². The van der Waals surface area contributed by atoms with Gasteiger partial charge in [0.25, 0.3) is 0 Å². The highest BCUT2D eigenvalue weighted by molar-refractivity contribution is 7.13. The molecule has 3 rings (SSSR count). The Hall–Kier alpha value is -1.38. The van der Waals surface area contributed by atoms with E-state index in [2.05, 4.69) is 65.9 Å². The van der Waals surface area contributed by atoms with Crippen molar-refractivity contribution < 1.29 is 0 Å². The summed E-state index contributed by atoms with van der Waals surface area (Å²) in [6, 6.07) is 13.6. The van der Waals surface area contributed by atoms with E-state index in [1.54, 1.807) is 0 Å². The Morgan fingerprint density at radius 1 is 1.15 bits per heavy atom. The first kappa shape index (κ1) is 13.6. The molecule has 0 spiro atoms. The molecule has 0 radical (unpaired) electrons. The molecule has 1 atom stereocenters. The minimum atomic E-state index is 0.597. The summed E-state index contributed by atoms with van der Waals surface area (Å²) in [4.78, 5) is 3.82. The third-order valence-corrected chi connectivity index (χ3v) is 4.98. The Kier molecular flexibility index (Phi) is 4.34. The lowest BCUT2D eigenvalue weighted by atomic mass is 10.00. The van der Waals surface area contributed by atoms with Crippen molar-refractivity contribution in [3.8, 4) is 10.4 Å². The Bertz CT molecular complexity index is 571. The van der Waals surface area contributed by atoms with Crippen molar-refractivity contribution in [2.45, 2.75) is 25.3 Å². The Morgan fingerprint density at radius 3 is 2.85 bits per heavy atom. The first-order valence-corrected chi connectivity index (χ1v) is 8.24. The van der Waals surface area contributed by atoms with Crippen LogP contribution in [0.25, 0.3) is 16.5 Å². The van der Waals surface area contributed by atoms with Crippen molar-refractivity contribution in [2.24, 2.45) is 0 Å². The third-order valence-electron chi connectivity index (χ3n) is 4.07. The third kappa shape index (κ3) is 3.02. The maximum Gasteiger partial charge on any atom is 0.0348 e. The normalized spacial score (nSPS) is 20.6. The molecule has 0 N–H and O–H groups in total. The van der Waals surface area contributed by atoms with Gasteiger partial charge in [-0.2, -0.15) is 0 Å². The van der Waals surface area contributed by atoms with E-state index in [9.17, 15) is 0 Å². The van der Waals surface area contributed by atoms with E-state index < -0.39 is 0 Å². The standard InChI is InChI=1S/C18H21NS/c1-19-13-5-4-8-16(19)12-11-15-7-2-3-9-17(15)18-10-6-14-20-18/h2-3,6-7,9-12,14,16H,4-5,8,13H2,1H3. The van der Waals surface area contributed by atoms with Gasteiger partial charge < -0.3 is 0 Å². The highest BCUT2D eigenvalue weighted by Gasteiger charge is 2.15. The van der Waals surface area contributed by atoms with E-state index in [1.807, 2.05) is 11.3 Å². The fourth-order valence-corrected chi connectivity index (χ4v) is 3.63. The van der Waals surface area contributed by atoms with Gasteiger partial charge >= 0.3 is 0 Å². The van der Waals surface area contributed by atoms with Crippen LogP contribution in [0.1, 0.15) is 24.8 Å². The van der Waals surface area contributed by atoms with Gasteiger partial charge in [-0.3, -0.25) is 4.90 Å². The number of rotatable bonds is 3.